The molecule has 2 heterocycles. The van der Waals surface area contributed by atoms with Crippen LogP contribution < -0.4 is 0 Å². The van der Waals surface area contributed by atoms with Crippen LogP contribution in [0.3, 0.4) is 0 Å². The van der Waals surface area contributed by atoms with Gasteiger partial charge in [-0.2, -0.15) is 0 Å². The molecular weight excluding hydrogens is 264 g/mol. The highest BCUT2D eigenvalue weighted by Crippen LogP contribution is 2.36. The van der Waals surface area contributed by atoms with Crippen LogP contribution in [0.25, 0.3) is 0 Å². The Bertz CT molecular complexity index is 326. The highest BCUT2D eigenvalue weighted by Gasteiger charge is 2.62. The van der Waals surface area contributed by atoms with E-state index in [1.807, 2.05) is 0 Å². The van der Waals surface area contributed by atoms with Gasteiger partial charge in [0.1, 0.15) is 36.6 Å². The summed E-state index contributed by atoms with van der Waals surface area (Å²) in [7, 11) is 0. The Morgan fingerprint density at radius 2 is 1.84 bits per heavy atom. The van der Waals surface area contributed by atoms with Gasteiger partial charge in [0.15, 0.2) is 11.9 Å². The summed E-state index contributed by atoms with van der Waals surface area (Å²) in [5, 5.41) is 67.5. The Kier molecular flexibility index (Phi) is 4.12. The van der Waals surface area contributed by atoms with Crippen LogP contribution in [0.4, 0.5) is 0 Å². The first-order chi connectivity index (χ1) is 8.83. The first-order valence-electron chi connectivity index (χ1n) is 5.84. The second kappa shape index (κ2) is 5.20. The maximum absolute atomic E-state index is 10.2. The van der Waals surface area contributed by atoms with Gasteiger partial charge in [0.2, 0.25) is 0 Å². The number of aliphatic hydroxyl groups is 7. The average molecular weight is 282 g/mol. The van der Waals surface area contributed by atoms with Crippen LogP contribution in [0.1, 0.15) is 0 Å². The molecule has 7 N–H and O–H groups in total. The fraction of sp³-hybridized carbons (Fsp3) is 1.00. The lowest BCUT2D eigenvalue weighted by Crippen LogP contribution is -2.62. The van der Waals surface area contributed by atoms with Crippen LogP contribution in [-0.4, -0.2) is 97.5 Å². The van der Waals surface area contributed by atoms with Gasteiger partial charge in [0, 0.05) is 0 Å². The fourth-order valence-corrected chi connectivity index (χ4v) is 2.42. The van der Waals surface area contributed by atoms with Crippen molar-refractivity contribution in [2.75, 3.05) is 13.2 Å². The van der Waals surface area contributed by atoms with E-state index in [2.05, 4.69) is 0 Å². The summed E-state index contributed by atoms with van der Waals surface area (Å²) in [5.74, 6) is 0. The van der Waals surface area contributed by atoms with E-state index in [1.165, 1.54) is 0 Å². The molecule has 1 unspecified atom stereocenters. The molecule has 0 amide bonds. The highest BCUT2D eigenvalue weighted by atomic mass is 16.7. The molecule has 2 aliphatic rings. The van der Waals surface area contributed by atoms with Gasteiger partial charge in [-0.05, 0) is 0 Å². The first kappa shape index (κ1) is 15.0. The minimum absolute atomic E-state index is 0.255. The standard InChI is InChI=1S/C10H18O9/c11-1-4-7(14)10(17,9(16)19-4)8(15)6-5(13)3(12)2-18-6/h3-9,11-17H,1-2H2/t3-,4-,5+,6+,7-,8?,9+,10-/m1/s1. The molecule has 0 aromatic carbocycles. The van der Waals surface area contributed by atoms with Gasteiger partial charge >= 0.3 is 0 Å². The third-order valence-corrected chi connectivity index (χ3v) is 3.68. The highest BCUT2D eigenvalue weighted by molar-refractivity contribution is 5.08. The van der Waals surface area contributed by atoms with E-state index in [0.717, 1.165) is 0 Å². The summed E-state index contributed by atoms with van der Waals surface area (Å²) >= 11 is 0. The van der Waals surface area contributed by atoms with Crippen LogP contribution in [0.5, 0.6) is 0 Å². The van der Waals surface area contributed by atoms with Crippen molar-refractivity contribution < 1.29 is 45.2 Å². The zero-order valence-corrected chi connectivity index (χ0v) is 9.90. The lowest BCUT2D eigenvalue weighted by molar-refractivity contribution is -0.239. The maximum Gasteiger partial charge on any atom is 0.189 e. The van der Waals surface area contributed by atoms with E-state index in [1.54, 1.807) is 0 Å². The monoisotopic (exact) mass is 282 g/mol. The minimum Gasteiger partial charge on any atom is -0.394 e. The summed E-state index contributed by atoms with van der Waals surface area (Å²) in [4.78, 5) is 0. The van der Waals surface area contributed by atoms with E-state index in [9.17, 15) is 30.6 Å². The summed E-state index contributed by atoms with van der Waals surface area (Å²) in [6.07, 6.45) is -11.1. The Morgan fingerprint density at radius 1 is 1.21 bits per heavy atom. The SMILES string of the molecule is OC[C@H]1O[C@H](O)[C@](O)(C(O)[C@H]2OC[C@@H](O)[C@@H]2O)[C@@H]1O. The van der Waals surface area contributed by atoms with Gasteiger partial charge in [-0.15, -0.1) is 0 Å². The molecule has 0 radical (unpaired) electrons. The van der Waals surface area contributed by atoms with Gasteiger partial charge in [-0.1, -0.05) is 0 Å². The maximum atomic E-state index is 10.2. The molecule has 0 saturated carbocycles. The number of ether oxygens (including phenoxy) is 2. The quantitative estimate of drug-likeness (QED) is 0.270. The van der Waals surface area contributed by atoms with Crippen molar-refractivity contribution >= 4 is 0 Å². The molecule has 0 aromatic rings. The number of hydrogen-bond acceptors (Lipinski definition) is 9. The first-order valence-corrected chi connectivity index (χ1v) is 5.84. The van der Waals surface area contributed by atoms with Gasteiger partial charge < -0.3 is 45.2 Å². The van der Waals surface area contributed by atoms with E-state index < -0.39 is 55.1 Å². The molecule has 0 aliphatic carbocycles. The topological polar surface area (TPSA) is 160 Å². The predicted molar refractivity (Wildman–Crippen MR) is 56.7 cm³/mol. The van der Waals surface area contributed by atoms with Crippen molar-refractivity contribution in [3.05, 3.63) is 0 Å². The van der Waals surface area contributed by atoms with Crippen molar-refractivity contribution in [3.63, 3.8) is 0 Å². The van der Waals surface area contributed by atoms with Crippen LogP contribution in [-0.2, 0) is 9.47 Å². The lowest BCUT2D eigenvalue weighted by Gasteiger charge is -2.36. The van der Waals surface area contributed by atoms with Crippen LogP contribution >= 0.6 is 0 Å². The fourth-order valence-electron chi connectivity index (χ4n) is 2.42. The molecule has 2 rings (SSSR count). The molecule has 8 atom stereocenters. The Labute approximate surface area is 108 Å². The second-order valence-corrected chi connectivity index (χ2v) is 4.84. The van der Waals surface area contributed by atoms with Crippen molar-refractivity contribution in [2.24, 2.45) is 0 Å². The summed E-state index contributed by atoms with van der Waals surface area (Å²) in [6, 6.07) is 0. The molecule has 2 aliphatic heterocycles. The zero-order chi connectivity index (χ0) is 14.4. The molecular formula is C10H18O9. The Morgan fingerprint density at radius 3 is 2.26 bits per heavy atom. The van der Waals surface area contributed by atoms with Gasteiger partial charge in [-0.25, -0.2) is 0 Å². The van der Waals surface area contributed by atoms with Gasteiger partial charge in [-0.3, -0.25) is 0 Å². The molecule has 9 nitrogen and oxygen atoms in total. The normalized spacial score (nSPS) is 52.6. The largest absolute Gasteiger partial charge is 0.394 e. The molecule has 0 bridgehead atoms. The van der Waals surface area contributed by atoms with E-state index >= 15 is 0 Å². The van der Waals surface area contributed by atoms with Crippen LogP contribution in [0.15, 0.2) is 0 Å². The smallest absolute Gasteiger partial charge is 0.189 e. The van der Waals surface area contributed by atoms with E-state index in [-0.39, 0.29) is 6.61 Å². The summed E-state index contributed by atoms with van der Waals surface area (Å²) in [5.41, 5.74) is -2.54. The molecule has 0 spiro atoms. The van der Waals surface area contributed by atoms with Crippen molar-refractivity contribution in [1.82, 2.24) is 0 Å². The number of aliphatic hydroxyl groups excluding tert-OH is 6. The number of rotatable bonds is 3. The lowest BCUT2D eigenvalue weighted by atomic mass is 9.84. The summed E-state index contributed by atoms with van der Waals surface area (Å²) in [6.45, 7) is -0.931. The van der Waals surface area contributed by atoms with Crippen LogP contribution in [0.2, 0.25) is 0 Å². The van der Waals surface area contributed by atoms with Crippen LogP contribution in [0, 0.1) is 0 Å². The molecule has 2 saturated heterocycles. The molecule has 0 aromatic heterocycles. The molecule has 2 fully saturated rings. The van der Waals surface area contributed by atoms with Crippen molar-refractivity contribution in [2.45, 2.75) is 48.5 Å². The third kappa shape index (κ3) is 2.17. The average Bonchev–Trinajstić information content (AvgIpc) is 2.83. The second-order valence-electron chi connectivity index (χ2n) is 4.84. The predicted octanol–water partition coefficient (Wildman–Crippen LogP) is -4.73. The Hall–Kier alpha value is -0.360. The number of hydrogen-bond donors (Lipinski definition) is 7. The van der Waals surface area contributed by atoms with E-state index in [0.29, 0.717) is 0 Å². The van der Waals surface area contributed by atoms with Crippen molar-refractivity contribution in [1.29, 1.82) is 0 Å². The zero-order valence-electron chi connectivity index (χ0n) is 9.90. The van der Waals surface area contributed by atoms with Gasteiger partial charge in [0.05, 0.1) is 13.2 Å². The van der Waals surface area contributed by atoms with Crippen molar-refractivity contribution in [3.8, 4) is 0 Å². The molecule has 112 valence electrons. The van der Waals surface area contributed by atoms with Gasteiger partial charge in [0.25, 0.3) is 0 Å². The Balaban J connectivity index is 2.19. The summed E-state index contributed by atoms with van der Waals surface area (Å²) < 4.78 is 9.66. The molecule has 9 heteroatoms. The minimum atomic E-state index is -2.54. The third-order valence-electron chi connectivity index (χ3n) is 3.68. The molecule has 19 heavy (non-hydrogen) atoms. The van der Waals surface area contributed by atoms with E-state index in [4.69, 9.17) is 14.6 Å².